The zero-order chi connectivity index (χ0) is 17.3. The van der Waals surface area contributed by atoms with Crippen molar-refractivity contribution >= 4 is 68.3 Å². The molecule has 0 saturated carbocycles. The number of carbonyl (C=O) groups is 1. The number of nitrogens with one attached hydrogen (secondary N) is 1. The second kappa shape index (κ2) is 7.11. The van der Waals surface area contributed by atoms with Crippen LogP contribution < -0.4 is 5.43 Å². The van der Waals surface area contributed by atoms with Crippen molar-refractivity contribution in [3.63, 3.8) is 0 Å². The number of hydrazone groups is 1. The minimum atomic E-state index is -0.392. The Kier molecular flexibility index (Phi) is 5.11. The van der Waals surface area contributed by atoms with Gasteiger partial charge in [-0.15, -0.1) is 11.3 Å². The van der Waals surface area contributed by atoms with Crippen LogP contribution in [0.1, 0.15) is 20.8 Å². The summed E-state index contributed by atoms with van der Waals surface area (Å²) in [4.78, 5) is 12.6. The molecule has 3 nitrogen and oxygen atoms in total. The van der Waals surface area contributed by atoms with E-state index in [0.717, 1.165) is 15.8 Å². The molecule has 7 heteroatoms. The standard InChI is InChI=1S/C17H11Cl3N2OS/c1-9-2-4-10(5-3-9)8-21-22-17(23)16-15(20)14-12(19)6-11(18)7-13(14)24-16/h2-8H,1H3,(H,22,23)/b21-8+. The van der Waals surface area contributed by atoms with E-state index < -0.39 is 5.91 Å². The van der Waals surface area contributed by atoms with Crippen LogP contribution in [0.2, 0.25) is 15.1 Å². The van der Waals surface area contributed by atoms with Crippen molar-refractivity contribution in [2.75, 3.05) is 0 Å². The van der Waals surface area contributed by atoms with E-state index in [1.165, 1.54) is 11.3 Å². The molecule has 0 saturated heterocycles. The molecule has 0 aliphatic heterocycles. The van der Waals surface area contributed by atoms with Gasteiger partial charge in [0.05, 0.1) is 16.3 Å². The first-order valence-corrected chi connectivity index (χ1v) is 8.88. The van der Waals surface area contributed by atoms with Crippen LogP contribution in [0.5, 0.6) is 0 Å². The lowest BCUT2D eigenvalue weighted by Gasteiger charge is -1.98. The summed E-state index contributed by atoms with van der Waals surface area (Å²) < 4.78 is 0.755. The molecule has 1 heterocycles. The molecule has 122 valence electrons. The Bertz CT molecular complexity index is 949. The number of hydrogen-bond acceptors (Lipinski definition) is 3. The maximum atomic E-state index is 12.3. The lowest BCUT2D eigenvalue weighted by atomic mass is 10.2. The van der Waals surface area contributed by atoms with Gasteiger partial charge < -0.3 is 0 Å². The SMILES string of the molecule is Cc1ccc(/C=N/NC(=O)c2sc3cc(Cl)cc(Cl)c3c2Cl)cc1. The van der Waals surface area contributed by atoms with Gasteiger partial charge in [0.2, 0.25) is 0 Å². The van der Waals surface area contributed by atoms with Crippen LogP contribution in [0.3, 0.4) is 0 Å². The first kappa shape index (κ1) is 17.2. The molecule has 0 aliphatic rings. The molecular formula is C17H11Cl3N2OS. The maximum Gasteiger partial charge on any atom is 0.283 e. The van der Waals surface area contributed by atoms with Gasteiger partial charge in [-0.05, 0) is 24.6 Å². The summed E-state index contributed by atoms with van der Waals surface area (Å²) in [5.41, 5.74) is 4.52. The summed E-state index contributed by atoms with van der Waals surface area (Å²) in [6.07, 6.45) is 1.57. The lowest BCUT2D eigenvalue weighted by Crippen LogP contribution is -2.16. The molecule has 0 unspecified atom stereocenters. The highest BCUT2D eigenvalue weighted by molar-refractivity contribution is 7.21. The minimum absolute atomic E-state index is 0.305. The molecule has 24 heavy (non-hydrogen) atoms. The van der Waals surface area contributed by atoms with E-state index in [4.69, 9.17) is 34.8 Å². The first-order valence-electron chi connectivity index (χ1n) is 6.93. The molecule has 1 N–H and O–H groups in total. The predicted octanol–water partition coefficient (Wildman–Crippen LogP) is 5.93. The molecule has 1 aromatic heterocycles. The van der Waals surface area contributed by atoms with Crippen LogP contribution >= 0.6 is 46.1 Å². The van der Waals surface area contributed by atoms with Crippen LogP contribution in [-0.2, 0) is 0 Å². The fourth-order valence-electron chi connectivity index (χ4n) is 2.13. The molecule has 0 aliphatic carbocycles. The molecule has 0 spiro atoms. The highest BCUT2D eigenvalue weighted by Gasteiger charge is 2.19. The fourth-order valence-corrected chi connectivity index (χ4v) is 4.39. The number of hydrogen-bond donors (Lipinski definition) is 1. The second-order valence-corrected chi connectivity index (χ2v) is 7.39. The molecule has 0 fully saturated rings. The zero-order valence-corrected chi connectivity index (χ0v) is 15.5. The number of thiophene rings is 1. The highest BCUT2D eigenvalue weighted by atomic mass is 35.5. The van der Waals surface area contributed by atoms with Crippen molar-refractivity contribution in [1.82, 2.24) is 5.43 Å². The molecule has 3 aromatic rings. The largest absolute Gasteiger partial charge is 0.283 e. The Morgan fingerprint density at radius 1 is 1.17 bits per heavy atom. The fraction of sp³-hybridized carbons (Fsp3) is 0.0588. The summed E-state index contributed by atoms with van der Waals surface area (Å²) in [7, 11) is 0. The van der Waals surface area contributed by atoms with Crippen molar-refractivity contribution in [2.45, 2.75) is 6.92 Å². The van der Waals surface area contributed by atoms with E-state index in [1.807, 2.05) is 31.2 Å². The Labute approximate surface area is 157 Å². The molecule has 1 amide bonds. The number of amides is 1. The van der Waals surface area contributed by atoms with Gasteiger partial charge in [0.15, 0.2) is 0 Å². The Hall–Kier alpha value is -1.59. The summed E-state index contributed by atoms with van der Waals surface area (Å²) in [5.74, 6) is -0.392. The van der Waals surface area contributed by atoms with Crippen molar-refractivity contribution in [2.24, 2.45) is 5.10 Å². The van der Waals surface area contributed by atoms with Gasteiger partial charge in [-0.1, -0.05) is 64.6 Å². The number of nitrogens with zero attached hydrogens (tertiary/aromatic N) is 1. The van der Waals surface area contributed by atoms with Gasteiger partial charge in [-0.25, -0.2) is 5.43 Å². The van der Waals surface area contributed by atoms with Gasteiger partial charge in [0.25, 0.3) is 5.91 Å². The number of carbonyl (C=O) groups excluding carboxylic acids is 1. The average molecular weight is 398 g/mol. The van der Waals surface area contributed by atoms with Crippen molar-refractivity contribution in [1.29, 1.82) is 0 Å². The van der Waals surface area contributed by atoms with Gasteiger partial charge >= 0.3 is 0 Å². The topological polar surface area (TPSA) is 41.5 Å². The molecule has 0 bridgehead atoms. The van der Waals surface area contributed by atoms with E-state index in [-0.39, 0.29) is 0 Å². The van der Waals surface area contributed by atoms with Crippen LogP contribution in [0, 0.1) is 6.92 Å². The summed E-state index contributed by atoms with van der Waals surface area (Å²) >= 11 is 19.7. The third kappa shape index (κ3) is 3.57. The van der Waals surface area contributed by atoms with Crippen LogP contribution in [0.4, 0.5) is 0 Å². The van der Waals surface area contributed by atoms with Crippen molar-refractivity contribution < 1.29 is 4.79 Å². The summed E-state index contributed by atoms with van der Waals surface area (Å²) in [6.45, 7) is 2.00. The third-order valence-electron chi connectivity index (χ3n) is 3.31. The zero-order valence-electron chi connectivity index (χ0n) is 12.4. The van der Waals surface area contributed by atoms with E-state index >= 15 is 0 Å². The summed E-state index contributed by atoms with van der Waals surface area (Å²) in [5, 5.41) is 5.81. The molecular weight excluding hydrogens is 387 g/mol. The Morgan fingerprint density at radius 3 is 2.58 bits per heavy atom. The van der Waals surface area contributed by atoms with Crippen molar-refractivity contribution in [3.05, 3.63) is 67.5 Å². The lowest BCUT2D eigenvalue weighted by molar-refractivity contribution is 0.0959. The smallest absolute Gasteiger partial charge is 0.266 e. The minimum Gasteiger partial charge on any atom is -0.266 e. The Balaban J connectivity index is 1.82. The highest BCUT2D eigenvalue weighted by Crippen LogP contribution is 2.41. The van der Waals surface area contributed by atoms with E-state index in [2.05, 4.69) is 10.5 Å². The van der Waals surface area contributed by atoms with Crippen LogP contribution in [0.15, 0.2) is 41.5 Å². The third-order valence-corrected chi connectivity index (χ3v) is 5.45. The number of aryl methyl sites for hydroxylation is 1. The second-order valence-electron chi connectivity index (χ2n) is 5.12. The van der Waals surface area contributed by atoms with Crippen LogP contribution in [-0.4, -0.2) is 12.1 Å². The number of halogens is 3. The number of fused-ring (bicyclic) bond motifs is 1. The van der Waals surface area contributed by atoms with Gasteiger partial charge in [-0.3, -0.25) is 4.79 Å². The molecule has 2 aromatic carbocycles. The van der Waals surface area contributed by atoms with E-state index in [9.17, 15) is 4.79 Å². The normalized spacial score (nSPS) is 11.3. The predicted molar refractivity (Wildman–Crippen MR) is 103 cm³/mol. The van der Waals surface area contributed by atoms with Crippen LogP contribution in [0.25, 0.3) is 10.1 Å². The van der Waals surface area contributed by atoms with E-state index in [1.54, 1.807) is 18.3 Å². The summed E-state index contributed by atoms with van der Waals surface area (Å²) in [6, 6.07) is 11.1. The van der Waals surface area contributed by atoms with Gasteiger partial charge in [0, 0.05) is 15.1 Å². The number of benzene rings is 2. The first-order chi connectivity index (χ1) is 11.5. The average Bonchev–Trinajstić information content (AvgIpc) is 2.86. The quantitative estimate of drug-likeness (QED) is 0.431. The Morgan fingerprint density at radius 2 is 1.88 bits per heavy atom. The van der Waals surface area contributed by atoms with Crippen molar-refractivity contribution in [3.8, 4) is 0 Å². The molecule has 0 radical (unpaired) electrons. The van der Waals surface area contributed by atoms with E-state index in [0.29, 0.717) is 25.3 Å². The number of rotatable bonds is 3. The maximum absolute atomic E-state index is 12.3. The molecule has 3 rings (SSSR count). The molecule has 0 atom stereocenters. The monoisotopic (exact) mass is 396 g/mol. The van der Waals surface area contributed by atoms with Gasteiger partial charge in [0.1, 0.15) is 4.88 Å². The van der Waals surface area contributed by atoms with Gasteiger partial charge in [-0.2, -0.15) is 5.10 Å².